The fourth-order valence-corrected chi connectivity index (χ4v) is 0.873. The van der Waals surface area contributed by atoms with Gasteiger partial charge in [-0.05, 0) is 18.2 Å². The van der Waals surface area contributed by atoms with E-state index in [0.717, 1.165) is 11.3 Å². The van der Waals surface area contributed by atoms with Crippen LogP contribution in [0.15, 0.2) is 24.3 Å². The van der Waals surface area contributed by atoms with Gasteiger partial charge in [0.1, 0.15) is 0 Å². The van der Waals surface area contributed by atoms with E-state index in [1.165, 1.54) is 0 Å². The molecule has 0 aromatic heterocycles. The summed E-state index contributed by atoms with van der Waals surface area (Å²) < 4.78 is 0. The van der Waals surface area contributed by atoms with Crippen molar-refractivity contribution >= 4 is 5.69 Å². The Labute approximate surface area is 77.1 Å². The van der Waals surface area contributed by atoms with Crippen molar-refractivity contribution in [3.05, 3.63) is 29.8 Å². The molecule has 13 heavy (non-hydrogen) atoms. The van der Waals surface area contributed by atoms with E-state index in [0.29, 0.717) is 0 Å². The van der Waals surface area contributed by atoms with Crippen LogP contribution >= 0.6 is 0 Å². The third-order valence-electron chi connectivity index (χ3n) is 1.43. The highest BCUT2D eigenvalue weighted by atomic mass is 15.2. The SMILES string of the molecule is N#CCC#Cc1cccc(NN)c1. The number of nitrogens with zero attached hydrogens (tertiary/aromatic N) is 1. The molecule has 0 bridgehead atoms. The van der Waals surface area contributed by atoms with Gasteiger partial charge in [0.2, 0.25) is 0 Å². The molecule has 0 saturated carbocycles. The second kappa shape index (κ2) is 4.82. The van der Waals surface area contributed by atoms with Gasteiger partial charge in [0.15, 0.2) is 0 Å². The molecule has 3 nitrogen and oxygen atoms in total. The largest absolute Gasteiger partial charge is 0.324 e. The van der Waals surface area contributed by atoms with Crippen LogP contribution in [0, 0.1) is 23.2 Å². The van der Waals surface area contributed by atoms with Gasteiger partial charge in [-0.25, -0.2) is 0 Å². The second-order valence-corrected chi connectivity index (χ2v) is 2.36. The molecular weight excluding hydrogens is 162 g/mol. The summed E-state index contributed by atoms with van der Waals surface area (Å²) in [5, 5.41) is 8.26. The molecule has 0 amide bonds. The summed E-state index contributed by atoms with van der Waals surface area (Å²) in [4.78, 5) is 0. The average Bonchev–Trinajstić information content (AvgIpc) is 2.19. The third-order valence-corrected chi connectivity index (χ3v) is 1.43. The molecule has 1 aromatic carbocycles. The number of nitrogen functional groups attached to an aromatic ring is 1. The van der Waals surface area contributed by atoms with E-state index in [1.54, 1.807) is 0 Å². The number of hydrogen-bond donors (Lipinski definition) is 2. The van der Waals surface area contributed by atoms with Gasteiger partial charge >= 0.3 is 0 Å². The molecule has 1 aromatic rings. The summed E-state index contributed by atoms with van der Waals surface area (Å²) in [6.07, 6.45) is 0.250. The number of nitrogens with one attached hydrogen (secondary N) is 1. The lowest BCUT2D eigenvalue weighted by Crippen LogP contribution is -2.06. The Bertz CT molecular complexity index is 379. The van der Waals surface area contributed by atoms with Crippen molar-refractivity contribution in [2.45, 2.75) is 6.42 Å². The Morgan fingerprint density at radius 3 is 3.00 bits per heavy atom. The molecule has 0 aliphatic rings. The Hall–Kier alpha value is -1.97. The predicted molar refractivity (Wildman–Crippen MR) is 51.4 cm³/mol. The van der Waals surface area contributed by atoms with E-state index >= 15 is 0 Å². The van der Waals surface area contributed by atoms with Crippen molar-refractivity contribution in [1.82, 2.24) is 0 Å². The van der Waals surface area contributed by atoms with E-state index < -0.39 is 0 Å². The van der Waals surface area contributed by atoms with Crippen molar-refractivity contribution < 1.29 is 0 Å². The van der Waals surface area contributed by atoms with Gasteiger partial charge in [0.05, 0.1) is 12.5 Å². The number of nitrogens with two attached hydrogens (primary N) is 1. The fourth-order valence-electron chi connectivity index (χ4n) is 0.873. The van der Waals surface area contributed by atoms with Crippen molar-refractivity contribution in [2.75, 3.05) is 5.43 Å². The molecule has 0 radical (unpaired) electrons. The molecule has 0 aliphatic heterocycles. The first kappa shape index (κ1) is 9.12. The lowest BCUT2D eigenvalue weighted by molar-refractivity contribution is 1.35. The zero-order valence-electron chi connectivity index (χ0n) is 7.04. The zero-order chi connectivity index (χ0) is 9.52. The lowest BCUT2D eigenvalue weighted by atomic mass is 10.2. The van der Waals surface area contributed by atoms with Gasteiger partial charge in [0, 0.05) is 11.3 Å². The Kier molecular flexibility index (Phi) is 3.38. The number of benzene rings is 1. The van der Waals surface area contributed by atoms with Crippen LogP contribution in [-0.4, -0.2) is 0 Å². The predicted octanol–water partition coefficient (Wildman–Crippen LogP) is 1.24. The number of hydrogen-bond acceptors (Lipinski definition) is 3. The molecule has 64 valence electrons. The molecule has 0 fully saturated rings. The lowest BCUT2D eigenvalue weighted by Gasteiger charge is -1.98. The van der Waals surface area contributed by atoms with Crippen LogP contribution < -0.4 is 11.3 Å². The van der Waals surface area contributed by atoms with Crippen LogP contribution in [0.2, 0.25) is 0 Å². The van der Waals surface area contributed by atoms with Gasteiger partial charge in [-0.1, -0.05) is 17.9 Å². The summed E-state index contributed by atoms with van der Waals surface area (Å²) in [5.74, 6) is 10.8. The van der Waals surface area contributed by atoms with Crippen LogP contribution in [-0.2, 0) is 0 Å². The van der Waals surface area contributed by atoms with E-state index in [1.807, 2.05) is 30.3 Å². The molecule has 0 heterocycles. The van der Waals surface area contributed by atoms with Gasteiger partial charge in [0.25, 0.3) is 0 Å². The van der Waals surface area contributed by atoms with Gasteiger partial charge in [-0.3, -0.25) is 5.84 Å². The average molecular weight is 171 g/mol. The third kappa shape index (κ3) is 2.86. The highest BCUT2D eigenvalue weighted by Crippen LogP contribution is 2.07. The highest BCUT2D eigenvalue weighted by Gasteiger charge is 1.88. The molecule has 3 N–H and O–H groups in total. The van der Waals surface area contributed by atoms with Crippen LogP contribution in [0.25, 0.3) is 0 Å². The van der Waals surface area contributed by atoms with E-state index in [2.05, 4.69) is 17.3 Å². The first-order valence-corrected chi connectivity index (χ1v) is 3.79. The highest BCUT2D eigenvalue weighted by molar-refractivity contribution is 5.49. The van der Waals surface area contributed by atoms with Crippen LogP contribution in [0.4, 0.5) is 5.69 Å². The molecule has 0 atom stereocenters. The van der Waals surface area contributed by atoms with Crippen molar-refractivity contribution in [1.29, 1.82) is 5.26 Å². The number of nitriles is 1. The fraction of sp³-hybridized carbons (Fsp3) is 0.100. The molecule has 3 heteroatoms. The Morgan fingerprint density at radius 2 is 2.31 bits per heavy atom. The monoisotopic (exact) mass is 171 g/mol. The molecule has 1 rings (SSSR count). The normalized spacial score (nSPS) is 8.00. The van der Waals surface area contributed by atoms with E-state index in [-0.39, 0.29) is 6.42 Å². The number of rotatable bonds is 1. The number of hydrazine groups is 1. The smallest absolute Gasteiger partial charge is 0.0966 e. The van der Waals surface area contributed by atoms with Gasteiger partial charge < -0.3 is 5.43 Å². The van der Waals surface area contributed by atoms with Gasteiger partial charge in [-0.15, -0.1) is 0 Å². The maximum Gasteiger partial charge on any atom is 0.0966 e. The maximum absolute atomic E-state index is 8.26. The molecule has 0 saturated heterocycles. The van der Waals surface area contributed by atoms with Gasteiger partial charge in [-0.2, -0.15) is 5.26 Å². The minimum atomic E-state index is 0.250. The Morgan fingerprint density at radius 1 is 1.46 bits per heavy atom. The molecule has 0 spiro atoms. The first-order chi connectivity index (χ1) is 6.36. The standard InChI is InChI=1S/C10H9N3/c11-7-2-1-4-9-5-3-6-10(8-9)13-12/h3,5-6,8,13H,2,12H2. The number of anilines is 1. The van der Waals surface area contributed by atoms with Crippen LogP contribution in [0.3, 0.4) is 0 Å². The minimum absolute atomic E-state index is 0.250. The summed E-state index contributed by atoms with van der Waals surface area (Å²) in [6, 6.07) is 9.34. The molecular formula is C10H9N3. The summed E-state index contributed by atoms with van der Waals surface area (Å²) in [6.45, 7) is 0. The van der Waals surface area contributed by atoms with Crippen molar-refractivity contribution in [2.24, 2.45) is 5.84 Å². The Balaban J connectivity index is 2.80. The summed E-state index contributed by atoms with van der Waals surface area (Å²) >= 11 is 0. The first-order valence-electron chi connectivity index (χ1n) is 3.79. The van der Waals surface area contributed by atoms with Crippen LogP contribution in [0.1, 0.15) is 12.0 Å². The summed E-state index contributed by atoms with van der Waals surface area (Å²) in [5.41, 5.74) is 4.19. The van der Waals surface area contributed by atoms with E-state index in [4.69, 9.17) is 11.1 Å². The molecule has 0 unspecified atom stereocenters. The topological polar surface area (TPSA) is 61.8 Å². The minimum Gasteiger partial charge on any atom is -0.324 e. The quantitative estimate of drug-likeness (QED) is 0.379. The van der Waals surface area contributed by atoms with Crippen LogP contribution in [0.5, 0.6) is 0 Å². The summed E-state index contributed by atoms with van der Waals surface area (Å²) in [7, 11) is 0. The van der Waals surface area contributed by atoms with Crippen molar-refractivity contribution in [3.63, 3.8) is 0 Å². The molecule has 0 aliphatic carbocycles. The maximum atomic E-state index is 8.26. The zero-order valence-corrected chi connectivity index (χ0v) is 7.04. The second-order valence-electron chi connectivity index (χ2n) is 2.36. The van der Waals surface area contributed by atoms with E-state index in [9.17, 15) is 0 Å². The van der Waals surface area contributed by atoms with Crippen molar-refractivity contribution in [3.8, 4) is 17.9 Å².